The highest BCUT2D eigenvalue weighted by atomic mass is 79.9. The summed E-state index contributed by atoms with van der Waals surface area (Å²) >= 11 is 3.54. The molecule has 0 amide bonds. The first kappa shape index (κ1) is 14.0. The van der Waals surface area contributed by atoms with E-state index >= 15 is 0 Å². The Morgan fingerprint density at radius 3 is 2.41 bits per heavy atom. The van der Waals surface area contributed by atoms with E-state index < -0.39 is 0 Å². The Hall–Kier alpha value is -1.07. The van der Waals surface area contributed by atoms with Crippen molar-refractivity contribution >= 4 is 27.6 Å². The highest BCUT2D eigenvalue weighted by Crippen LogP contribution is 2.24. The van der Waals surface area contributed by atoms with Gasteiger partial charge in [-0.3, -0.25) is 10.4 Å². The normalized spacial score (nSPS) is 11.5. The number of guanidine groups is 1. The van der Waals surface area contributed by atoms with E-state index in [2.05, 4.69) is 64.6 Å². The van der Waals surface area contributed by atoms with E-state index in [1.165, 1.54) is 11.1 Å². The number of aryl methyl sites for hydroxylation is 2. The molecule has 0 bridgehead atoms. The minimum absolute atomic E-state index is 0.591. The molecule has 0 spiro atoms. The molecule has 0 radical (unpaired) electrons. The van der Waals surface area contributed by atoms with E-state index in [1.807, 2.05) is 0 Å². The Bertz CT molecular complexity index is 392. The van der Waals surface area contributed by atoms with Crippen molar-refractivity contribution in [1.82, 2.24) is 5.43 Å². The smallest absolute Gasteiger partial charge is 0.210 e. The van der Waals surface area contributed by atoms with Gasteiger partial charge in [0.05, 0.1) is 0 Å². The lowest BCUT2D eigenvalue weighted by Gasteiger charge is -2.12. The van der Waals surface area contributed by atoms with Crippen molar-refractivity contribution in [1.29, 1.82) is 0 Å². The Morgan fingerprint density at radius 1 is 1.35 bits per heavy atom. The van der Waals surface area contributed by atoms with Crippen molar-refractivity contribution < 1.29 is 0 Å². The number of aliphatic imine (C=N–C) groups is 1. The molecule has 0 saturated carbocycles. The molecule has 0 aliphatic heterocycles. The Morgan fingerprint density at radius 2 is 1.94 bits per heavy atom. The molecule has 4 nitrogen and oxygen atoms in total. The van der Waals surface area contributed by atoms with E-state index in [0.717, 1.165) is 23.1 Å². The molecule has 0 aliphatic carbocycles. The second kappa shape index (κ2) is 6.61. The van der Waals surface area contributed by atoms with Crippen molar-refractivity contribution in [3.05, 3.63) is 27.7 Å². The molecule has 0 unspecified atom stereocenters. The van der Waals surface area contributed by atoms with E-state index in [-0.39, 0.29) is 0 Å². The highest BCUT2D eigenvalue weighted by Gasteiger charge is 2.03. The van der Waals surface area contributed by atoms with Gasteiger partial charge in [-0.15, -0.1) is 0 Å². The minimum Gasteiger partial charge on any atom is -0.325 e. The average Bonchev–Trinajstić information content (AvgIpc) is 2.31. The number of benzene rings is 1. The van der Waals surface area contributed by atoms with Gasteiger partial charge in [-0.25, -0.2) is 5.84 Å². The molecule has 0 fully saturated rings. The maximum Gasteiger partial charge on any atom is 0.210 e. The molecule has 0 heterocycles. The maximum atomic E-state index is 5.41. The van der Waals surface area contributed by atoms with Crippen LogP contribution in [-0.4, -0.2) is 12.5 Å². The number of hydrazine groups is 1. The van der Waals surface area contributed by atoms with Crippen molar-refractivity contribution in [2.24, 2.45) is 10.8 Å². The van der Waals surface area contributed by atoms with Gasteiger partial charge in [0.1, 0.15) is 0 Å². The fourth-order valence-corrected chi connectivity index (χ4v) is 1.73. The molecule has 0 saturated heterocycles. The zero-order valence-electron chi connectivity index (χ0n) is 10.5. The Kier molecular flexibility index (Phi) is 5.44. The summed E-state index contributed by atoms with van der Waals surface area (Å²) in [7, 11) is 0. The molecule has 1 aromatic carbocycles. The fourth-order valence-electron chi connectivity index (χ4n) is 1.50. The van der Waals surface area contributed by atoms with Gasteiger partial charge in [-0.1, -0.05) is 22.9 Å². The van der Waals surface area contributed by atoms with Crippen LogP contribution in [0.2, 0.25) is 0 Å². The van der Waals surface area contributed by atoms with E-state index in [9.17, 15) is 0 Å². The number of hydrogen-bond acceptors (Lipinski definition) is 2. The summed E-state index contributed by atoms with van der Waals surface area (Å²) in [6, 6.07) is 4.10. The third kappa shape index (κ3) is 4.02. The molecule has 17 heavy (non-hydrogen) atoms. The largest absolute Gasteiger partial charge is 0.325 e. The molecule has 94 valence electrons. The van der Waals surface area contributed by atoms with Crippen LogP contribution in [0.1, 0.15) is 24.5 Å². The second-order valence-corrected chi connectivity index (χ2v) is 4.72. The van der Waals surface area contributed by atoms with Crippen LogP contribution in [0.25, 0.3) is 0 Å². The minimum atomic E-state index is 0.591. The standard InChI is InChI=1S/C12H19BrN4/c1-4-5-15-12(17-14)16-10-6-8(2)11(13)9(3)7-10/h6-7H,4-5,14H2,1-3H3,(H2,15,16,17). The molecule has 0 atom stereocenters. The third-order valence-corrected chi connectivity index (χ3v) is 3.58. The van der Waals surface area contributed by atoms with Crippen LogP contribution in [0.15, 0.2) is 21.6 Å². The summed E-state index contributed by atoms with van der Waals surface area (Å²) in [5.41, 5.74) is 5.91. The quantitative estimate of drug-likeness (QED) is 0.348. The number of hydrogen-bond donors (Lipinski definition) is 3. The number of nitrogens with zero attached hydrogens (tertiary/aromatic N) is 1. The fraction of sp³-hybridized carbons (Fsp3) is 0.417. The first-order valence-electron chi connectivity index (χ1n) is 5.63. The van der Waals surface area contributed by atoms with Gasteiger partial charge in [0.2, 0.25) is 5.96 Å². The number of rotatable bonds is 3. The lowest BCUT2D eigenvalue weighted by atomic mass is 10.1. The average molecular weight is 299 g/mol. The number of nitrogens with two attached hydrogens (primary N) is 1. The van der Waals surface area contributed by atoms with Gasteiger partial charge < -0.3 is 5.32 Å². The summed E-state index contributed by atoms with van der Waals surface area (Å²) in [6.45, 7) is 6.94. The summed E-state index contributed by atoms with van der Waals surface area (Å²) < 4.78 is 1.14. The third-order valence-electron chi connectivity index (χ3n) is 2.33. The van der Waals surface area contributed by atoms with Gasteiger partial charge in [-0.05, 0) is 43.5 Å². The Balaban J connectivity index is 2.87. The van der Waals surface area contributed by atoms with Gasteiger partial charge in [0, 0.05) is 16.7 Å². The highest BCUT2D eigenvalue weighted by molar-refractivity contribution is 9.10. The predicted octanol–water partition coefficient (Wildman–Crippen LogP) is 2.71. The van der Waals surface area contributed by atoms with Crippen LogP contribution in [0.4, 0.5) is 5.69 Å². The first-order chi connectivity index (χ1) is 8.08. The zero-order valence-corrected chi connectivity index (χ0v) is 12.1. The van der Waals surface area contributed by atoms with Crippen LogP contribution in [0.5, 0.6) is 0 Å². The Labute approximate surface area is 111 Å². The molecule has 4 N–H and O–H groups in total. The summed E-state index contributed by atoms with van der Waals surface area (Å²) in [6.07, 6.45) is 0.991. The second-order valence-electron chi connectivity index (χ2n) is 3.92. The van der Waals surface area contributed by atoms with Crippen LogP contribution < -0.4 is 16.6 Å². The summed E-state index contributed by atoms with van der Waals surface area (Å²) in [4.78, 5) is 4.30. The maximum absolute atomic E-state index is 5.41. The van der Waals surface area contributed by atoms with Crippen LogP contribution in [0, 0.1) is 13.8 Å². The molecule has 0 aliphatic rings. The van der Waals surface area contributed by atoms with Crippen LogP contribution in [-0.2, 0) is 0 Å². The lowest BCUT2D eigenvalue weighted by molar-refractivity contribution is 0.905. The lowest BCUT2D eigenvalue weighted by Crippen LogP contribution is -2.36. The molecular formula is C12H19BrN4. The zero-order chi connectivity index (χ0) is 12.8. The number of halogens is 1. The monoisotopic (exact) mass is 298 g/mol. The predicted molar refractivity (Wildman–Crippen MR) is 77.2 cm³/mol. The van der Waals surface area contributed by atoms with Crippen LogP contribution >= 0.6 is 15.9 Å². The van der Waals surface area contributed by atoms with Gasteiger partial charge in [0.15, 0.2) is 0 Å². The van der Waals surface area contributed by atoms with E-state index in [4.69, 9.17) is 5.84 Å². The number of nitrogens with one attached hydrogen (secondary N) is 2. The van der Waals surface area contributed by atoms with Crippen molar-refractivity contribution in [2.45, 2.75) is 27.2 Å². The van der Waals surface area contributed by atoms with Crippen molar-refractivity contribution in [3.63, 3.8) is 0 Å². The molecule has 0 aromatic heterocycles. The summed E-state index contributed by atoms with van der Waals surface area (Å²) in [5, 5.41) is 3.17. The van der Waals surface area contributed by atoms with Crippen molar-refractivity contribution in [2.75, 3.05) is 11.9 Å². The van der Waals surface area contributed by atoms with Gasteiger partial charge in [-0.2, -0.15) is 0 Å². The number of anilines is 1. The molecule has 1 rings (SSSR count). The van der Waals surface area contributed by atoms with Gasteiger partial charge in [0.25, 0.3) is 0 Å². The molecular weight excluding hydrogens is 280 g/mol. The van der Waals surface area contributed by atoms with Gasteiger partial charge >= 0.3 is 0 Å². The molecule has 5 heteroatoms. The SMILES string of the molecule is CCCN=C(NN)Nc1cc(C)c(Br)c(C)c1. The molecule has 1 aromatic rings. The van der Waals surface area contributed by atoms with E-state index in [1.54, 1.807) is 0 Å². The van der Waals surface area contributed by atoms with Crippen LogP contribution in [0.3, 0.4) is 0 Å². The van der Waals surface area contributed by atoms with E-state index in [0.29, 0.717) is 5.96 Å². The summed E-state index contributed by atoms with van der Waals surface area (Å²) in [5.74, 6) is 6.01. The van der Waals surface area contributed by atoms with Crippen molar-refractivity contribution in [3.8, 4) is 0 Å². The first-order valence-corrected chi connectivity index (χ1v) is 6.42. The topological polar surface area (TPSA) is 62.4 Å².